The second-order valence-electron chi connectivity index (χ2n) is 12.9. The van der Waals surface area contributed by atoms with Crippen molar-refractivity contribution in [1.82, 2.24) is 14.1 Å². The van der Waals surface area contributed by atoms with E-state index in [-0.39, 0.29) is 0 Å². The monoisotopic (exact) mass is 652 g/mol. The number of fused-ring (bicyclic) bond motifs is 6. The van der Waals surface area contributed by atoms with E-state index < -0.39 is 0 Å². The predicted molar refractivity (Wildman–Crippen MR) is 213 cm³/mol. The van der Waals surface area contributed by atoms with Gasteiger partial charge in [-0.2, -0.15) is 0 Å². The molecule has 0 saturated heterocycles. The van der Waals surface area contributed by atoms with Gasteiger partial charge in [0.15, 0.2) is 0 Å². The molecule has 0 unspecified atom stereocenters. The highest BCUT2D eigenvalue weighted by molar-refractivity contribution is 6.16. The zero-order valence-corrected chi connectivity index (χ0v) is 27.8. The standard InChI is InChI=1S/C47H32N4/c1-4-15-35(16-5-1)49(36-17-6-2-7-18-36)46-31-34(29-42-40-23-11-13-25-44(40)51(47(42)46)37-19-8-3-9-20-37)33-26-27-41-39-22-10-12-24-43(39)50(45(41)30-33)38-21-14-28-48-32-38/h1-32H. The number of benzene rings is 7. The van der Waals surface area contributed by atoms with Gasteiger partial charge in [0.1, 0.15) is 0 Å². The van der Waals surface area contributed by atoms with Gasteiger partial charge in [0.2, 0.25) is 0 Å². The first-order chi connectivity index (χ1) is 25.3. The summed E-state index contributed by atoms with van der Waals surface area (Å²) in [5, 5.41) is 4.86. The number of anilines is 3. The van der Waals surface area contributed by atoms with Gasteiger partial charge in [-0.25, -0.2) is 0 Å². The summed E-state index contributed by atoms with van der Waals surface area (Å²) >= 11 is 0. The van der Waals surface area contributed by atoms with Crippen LogP contribution in [0.1, 0.15) is 0 Å². The Balaban J connectivity index is 1.32. The van der Waals surface area contributed by atoms with Crippen molar-refractivity contribution in [3.8, 4) is 22.5 Å². The predicted octanol–water partition coefficient (Wildman–Crippen LogP) is 12.4. The topological polar surface area (TPSA) is 26.0 Å². The van der Waals surface area contributed by atoms with Crippen LogP contribution in [-0.2, 0) is 0 Å². The number of hydrogen-bond acceptors (Lipinski definition) is 2. The summed E-state index contributed by atoms with van der Waals surface area (Å²) in [5.41, 5.74) is 12.4. The molecule has 0 fully saturated rings. The largest absolute Gasteiger partial charge is 0.308 e. The highest BCUT2D eigenvalue weighted by Gasteiger charge is 2.23. The van der Waals surface area contributed by atoms with Crippen molar-refractivity contribution in [3.05, 3.63) is 194 Å². The minimum Gasteiger partial charge on any atom is -0.308 e. The fourth-order valence-corrected chi connectivity index (χ4v) is 7.75. The zero-order chi connectivity index (χ0) is 33.7. The number of para-hydroxylation sites is 5. The molecule has 10 rings (SSSR count). The van der Waals surface area contributed by atoms with Gasteiger partial charge in [0.05, 0.1) is 39.6 Å². The minimum atomic E-state index is 1.04. The van der Waals surface area contributed by atoms with Gasteiger partial charge in [-0.3, -0.25) is 4.98 Å². The van der Waals surface area contributed by atoms with Crippen LogP contribution in [0.3, 0.4) is 0 Å². The van der Waals surface area contributed by atoms with Gasteiger partial charge < -0.3 is 14.0 Å². The average molecular weight is 653 g/mol. The Labute approximate surface area is 295 Å². The molecule has 0 N–H and O–H groups in total. The van der Waals surface area contributed by atoms with Crippen molar-refractivity contribution >= 4 is 60.7 Å². The van der Waals surface area contributed by atoms with Crippen LogP contribution in [0.25, 0.3) is 66.1 Å². The average Bonchev–Trinajstić information content (AvgIpc) is 3.72. The molecule has 3 aromatic heterocycles. The van der Waals surface area contributed by atoms with E-state index in [0.29, 0.717) is 0 Å². The van der Waals surface area contributed by atoms with Crippen molar-refractivity contribution < 1.29 is 0 Å². The summed E-state index contributed by atoms with van der Waals surface area (Å²) in [7, 11) is 0. The van der Waals surface area contributed by atoms with Gasteiger partial charge in [0.25, 0.3) is 0 Å². The molecule has 0 bridgehead atoms. The molecule has 0 aliphatic rings. The molecule has 51 heavy (non-hydrogen) atoms. The first-order valence-corrected chi connectivity index (χ1v) is 17.3. The minimum absolute atomic E-state index is 1.04. The Hall–Kier alpha value is -6.91. The summed E-state index contributed by atoms with van der Waals surface area (Å²) in [4.78, 5) is 6.88. The number of rotatable bonds is 6. The fraction of sp³-hybridized carbons (Fsp3) is 0. The molecule has 4 nitrogen and oxygen atoms in total. The van der Waals surface area contributed by atoms with E-state index in [1.807, 2.05) is 18.5 Å². The lowest BCUT2D eigenvalue weighted by atomic mass is 9.99. The highest BCUT2D eigenvalue weighted by atomic mass is 15.2. The van der Waals surface area contributed by atoms with Crippen molar-refractivity contribution in [1.29, 1.82) is 0 Å². The van der Waals surface area contributed by atoms with Gasteiger partial charge in [-0.15, -0.1) is 0 Å². The Bertz CT molecular complexity index is 2800. The van der Waals surface area contributed by atoms with Gasteiger partial charge in [0, 0.05) is 44.8 Å². The number of hydrogen-bond donors (Lipinski definition) is 0. The van der Waals surface area contributed by atoms with E-state index in [1.165, 1.54) is 32.6 Å². The van der Waals surface area contributed by atoms with Crippen LogP contribution in [0.15, 0.2) is 194 Å². The van der Waals surface area contributed by atoms with E-state index in [9.17, 15) is 0 Å². The van der Waals surface area contributed by atoms with E-state index in [1.54, 1.807) is 0 Å². The van der Waals surface area contributed by atoms with Crippen molar-refractivity contribution in [2.75, 3.05) is 4.90 Å². The summed E-state index contributed by atoms with van der Waals surface area (Å²) in [6.07, 6.45) is 3.77. The fourth-order valence-electron chi connectivity index (χ4n) is 7.75. The molecule has 0 aliphatic carbocycles. The van der Waals surface area contributed by atoms with Crippen LogP contribution < -0.4 is 4.90 Å². The Morgan fingerprint density at radius 1 is 0.392 bits per heavy atom. The molecule has 0 atom stereocenters. The first-order valence-electron chi connectivity index (χ1n) is 17.3. The summed E-state index contributed by atoms with van der Waals surface area (Å²) in [6, 6.07) is 65.3. The zero-order valence-electron chi connectivity index (χ0n) is 27.8. The molecular formula is C47H32N4. The normalized spacial score (nSPS) is 11.5. The second kappa shape index (κ2) is 11.9. The van der Waals surface area contributed by atoms with Crippen LogP contribution in [0.2, 0.25) is 0 Å². The number of pyridine rings is 1. The maximum absolute atomic E-state index is 4.49. The van der Waals surface area contributed by atoms with E-state index in [2.05, 4.69) is 195 Å². The van der Waals surface area contributed by atoms with Gasteiger partial charge >= 0.3 is 0 Å². The number of aromatic nitrogens is 3. The molecule has 0 amide bonds. The number of nitrogens with zero attached hydrogens (tertiary/aromatic N) is 4. The highest BCUT2D eigenvalue weighted by Crippen LogP contribution is 2.46. The molecule has 10 aromatic rings. The van der Waals surface area contributed by atoms with Gasteiger partial charge in [-0.1, -0.05) is 103 Å². The SMILES string of the molecule is c1ccc(N(c2ccccc2)c2cc(-c3ccc4c5ccccc5n(-c5cccnc5)c4c3)cc3c4ccccc4n(-c4ccccc4)c23)cc1. The van der Waals surface area contributed by atoms with E-state index in [4.69, 9.17) is 0 Å². The van der Waals surface area contributed by atoms with Crippen LogP contribution >= 0.6 is 0 Å². The molecule has 0 aliphatic heterocycles. The molecule has 4 heteroatoms. The Morgan fingerprint density at radius 3 is 1.63 bits per heavy atom. The molecular weight excluding hydrogens is 621 g/mol. The second-order valence-corrected chi connectivity index (χ2v) is 12.9. The van der Waals surface area contributed by atoms with Crippen molar-refractivity contribution in [2.24, 2.45) is 0 Å². The lowest BCUT2D eigenvalue weighted by Gasteiger charge is -2.27. The molecule has 0 radical (unpaired) electrons. The summed E-state index contributed by atoms with van der Waals surface area (Å²) in [6.45, 7) is 0. The van der Waals surface area contributed by atoms with E-state index >= 15 is 0 Å². The molecule has 7 aromatic carbocycles. The lowest BCUT2D eigenvalue weighted by molar-refractivity contribution is 1.14. The van der Waals surface area contributed by atoms with E-state index in [0.717, 1.165) is 50.6 Å². The van der Waals surface area contributed by atoms with Gasteiger partial charge in [-0.05, 0) is 90.0 Å². The smallest absolute Gasteiger partial charge is 0.0782 e. The third-order valence-corrected chi connectivity index (χ3v) is 9.94. The lowest BCUT2D eigenvalue weighted by Crippen LogP contribution is -2.11. The molecule has 0 saturated carbocycles. The Kier molecular flexibility index (Phi) is 6.78. The van der Waals surface area contributed by atoms with Crippen LogP contribution in [0.4, 0.5) is 17.1 Å². The third kappa shape index (κ3) is 4.72. The van der Waals surface area contributed by atoms with Crippen molar-refractivity contribution in [2.45, 2.75) is 0 Å². The van der Waals surface area contributed by atoms with Crippen LogP contribution in [0, 0.1) is 0 Å². The van der Waals surface area contributed by atoms with Crippen LogP contribution in [0.5, 0.6) is 0 Å². The van der Waals surface area contributed by atoms with Crippen LogP contribution in [-0.4, -0.2) is 14.1 Å². The van der Waals surface area contributed by atoms with Crippen molar-refractivity contribution in [3.63, 3.8) is 0 Å². The maximum Gasteiger partial charge on any atom is 0.0782 e. The molecule has 3 heterocycles. The summed E-state index contributed by atoms with van der Waals surface area (Å²) < 4.78 is 4.76. The maximum atomic E-state index is 4.49. The molecule has 240 valence electrons. The first kappa shape index (κ1) is 29.0. The third-order valence-electron chi connectivity index (χ3n) is 9.94. The Morgan fingerprint density at radius 2 is 0.961 bits per heavy atom. The molecule has 0 spiro atoms. The summed E-state index contributed by atoms with van der Waals surface area (Å²) in [5.74, 6) is 0. The quantitative estimate of drug-likeness (QED) is 0.179.